The number of carbonyl (C=O) groups excluding carboxylic acids is 1. The monoisotopic (exact) mass is 346 g/mol. The zero-order chi connectivity index (χ0) is 17.0. The predicted molar refractivity (Wildman–Crippen MR) is 88.7 cm³/mol. The molecule has 2 N–H and O–H groups in total. The maximum atomic E-state index is 12.5. The Morgan fingerprint density at radius 3 is 2.54 bits per heavy atom. The Hall–Kier alpha value is -2.35. The minimum Gasteiger partial charge on any atom is -0.480 e. The molecule has 0 atom stereocenters. The van der Waals surface area contributed by atoms with E-state index in [2.05, 4.69) is 20.3 Å². The zero-order valence-corrected chi connectivity index (χ0v) is 13.9. The highest BCUT2D eigenvalue weighted by Crippen LogP contribution is 2.28. The standard InChI is InChI=1S/C16H18N4O3S/c21-13(20-16(15(22)23)5-3-1-2-4-6-16)12-10-24-14(19-12)11-9-17-7-8-18-11/h7-10H,1-6H2,(H,20,21)(H,22,23). The fraction of sp³-hybridized carbons (Fsp3) is 0.438. The number of hydrogen-bond acceptors (Lipinski definition) is 6. The Balaban J connectivity index is 1.79. The molecule has 0 aromatic carbocycles. The first-order valence-electron chi connectivity index (χ1n) is 7.88. The van der Waals surface area contributed by atoms with Gasteiger partial charge in [0.1, 0.15) is 21.9 Å². The summed E-state index contributed by atoms with van der Waals surface area (Å²) in [6, 6.07) is 0. The van der Waals surface area contributed by atoms with E-state index in [-0.39, 0.29) is 5.69 Å². The van der Waals surface area contributed by atoms with Crippen LogP contribution in [0.2, 0.25) is 0 Å². The van der Waals surface area contributed by atoms with Gasteiger partial charge in [0.25, 0.3) is 5.91 Å². The summed E-state index contributed by atoms with van der Waals surface area (Å²) in [5, 5.41) is 14.6. The van der Waals surface area contributed by atoms with Gasteiger partial charge in [0, 0.05) is 17.8 Å². The van der Waals surface area contributed by atoms with Gasteiger partial charge < -0.3 is 10.4 Å². The van der Waals surface area contributed by atoms with E-state index in [1.54, 1.807) is 24.0 Å². The molecule has 24 heavy (non-hydrogen) atoms. The minimum atomic E-state index is -1.19. The maximum Gasteiger partial charge on any atom is 0.329 e. The van der Waals surface area contributed by atoms with E-state index in [9.17, 15) is 14.7 Å². The van der Waals surface area contributed by atoms with Gasteiger partial charge in [0.05, 0.1) is 6.20 Å². The van der Waals surface area contributed by atoms with Crippen molar-refractivity contribution in [3.05, 3.63) is 29.7 Å². The Labute approximate surface area is 143 Å². The number of nitrogens with one attached hydrogen (secondary N) is 1. The number of rotatable bonds is 4. The molecule has 0 saturated heterocycles. The van der Waals surface area contributed by atoms with Crippen molar-refractivity contribution in [2.24, 2.45) is 0 Å². The second-order valence-corrected chi connectivity index (χ2v) is 6.74. The van der Waals surface area contributed by atoms with Gasteiger partial charge in [0.15, 0.2) is 0 Å². The fourth-order valence-electron chi connectivity index (χ4n) is 2.91. The van der Waals surface area contributed by atoms with Crippen LogP contribution in [0.25, 0.3) is 10.7 Å². The lowest BCUT2D eigenvalue weighted by atomic mass is 9.90. The van der Waals surface area contributed by atoms with Crippen molar-refractivity contribution in [3.8, 4) is 10.7 Å². The van der Waals surface area contributed by atoms with Gasteiger partial charge >= 0.3 is 5.97 Å². The van der Waals surface area contributed by atoms with Gasteiger partial charge in [-0.3, -0.25) is 14.8 Å². The van der Waals surface area contributed by atoms with Crippen LogP contribution in [0.3, 0.4) is 0 Å². The van der Waals surface area contributed by atoms with Crippen LogP contribution in [-0.4, -0.2) is 37.5 Å². The van der Waals surface area contributed by atoms with Crippen molar-refractivity contribution in [1.82, 2.24) is 20.3 Å². The molecule has 126 valence electrons. The molecule has 0 aliphatic heterocycles. The molecule has 1 aliphatic carbocycles. The average molecular weight is 346 g/mol. The number of amides is 1. The highest BCUT2D eigenvalue weighted by atomic mass is 32.1. The Bertz CT molecular complexity index is 724. The summed E-state index contributed by atoms with van der Waals surface area (Å²) in [6.45, 7) is 0. The highest BCUT2D eigenvalue weighted by Gasteiger charge is 2.40. The van der Waals surface area contributed by atoms with E-state index >= 15 is 0 Å². The van der Waals surface area contributed by atoms with E-state index < -0.39 is 17.4 Å². The number of thiazole rings is 1. The topological polar surface area (TPSA) is 105 Å². The average Bonchev–Trinajstić information content (AvgIpc) is 2.97. The smallest absolute Gasteiger partial charge is 0.329 e. The van der Waals surface area contributed by atoms with Gasteiger partial charge in [-0.05, 0) is 12.8 Å². The maximum absolute atomic E-state index is 12.5. The molecule has 0 bridgehead atoms. The van der Waals surface area contributed by atoms with Crippen molar-refractivity contribution in [3.63, 3.8) is 0 Å². The van der Waals surface area contributed by atoms with E-state index in [1.165, 1.54) is 11.3 Å². The summed E-state index contributed by atoms with van der Waals surface area (Å²) in [5.74, 6) is -1.42. The van der Waals surface area contributed by atoms with Gasteiger partial charge in [-0.1, -0.05) is 25.7 Å². The Morgan fingerprint density at radius 1 is 1.17 bits per heavy atom. The van der Waals surface area contributed by atoms with Crippen LogP contribution in [0.1, 0.15) is 49.0 Å². The van der Waals surface area contributed by atoms with Crippen molar-refractivity contribution in [1.29, 1.82) is 0 Å². The molecule has 7 nitrogen and oxygen atoms in total. The number of carbonyl (C=O) groups is 2. The van der Waals surface area contributed by atoms with Gasteiger partial charge in [-0.2, -0.15) is 0 Å². The Kier molecular flexibility index (Phi) is 4.84. The summed E-state index contributed by atoms with van der Waals surface area (Å²) in [5.41, 5.74) is -0.390. The number of nitrogens with zero attached hydrogens (tertiary/aromatic N) is 3. The second kappa shape index (κ2) is 7.04. The van der Waals surface area contributed by atoms with Crippen LogP contribution in [0.5, 0.6) is 0 Å². The first-order chi connectivity index (χ1) is 11.6. The van der Waals surface area contributed by atoms with Crippen molar-refractivity contribution in [2.45, 2.75) is 44.1 Å². The highest BCUT2D eigenvalue weighted by molar-refractivity contribution is 7.13. The second-order valence-electron chi connectivity index (χ2n) is 5.88. The minimum absolute atomic E-state index is 0.213. The van der Waals surface area contributed by atoms with Crippen molar-refractivity contribution < 1.29 is 14.7 Å². The van der Waals surface area contributed by atoms with Gasteiger partial charge in [-0.15, -0.1) is 11.3 Å². The molecule has 2 aromatic rings. The Morgan fingerprint density at radius 2 is 1.92 bits per heavy atom. The zero-order valence-electron chi connectivity index (χ0n) is 13.1. The number of hydrogen-bond donors (Lipinski definition) is 2. The molecule has 0 unspecified atom stereocenters. The molecule has 0 radical (unpaired) electrons. The number of carboxylic acid groups (broad SMARTS) is 1. The lowest BCUT2D eigenvalue weighted by Gasteiger charge is -2.28. The van der Waals surface area contributed by atoms with Gasteiger partial charge in [-0.25, -0.2) is 9.78 Å². The molecule has 1 amide bonds. The third-order valence-corrected chi connectivity index (χ3v) is 5.10. The summed E-state index contributed by atoms with van der Waals surface area (Å²) in [7, 11) is 0. The molecule has 2 heterocycles. The van der Waals surface area contributed by atoms with Crippen LogP contribution >= 0.6 is 11.3 Å². The normalized spacial score (nSPS) is 17.0. The summed E-state index contributed by atoms with van der Waals surface area (Å²) in [6.07, 6.45) is 9.20. The van der Waals surface area contributed by atoms with Crippen LogP contribution in [-0.2, 0) is 4.79 Å². The molecule has 0 spiro atoms. The quantitative estimate of drug-likeness (QED) is 0.824. The van der Waals surface area contributed by atoms with Crippen LogP contribution in [0.15, 0.2) is 24.0 Å². The lowest BCUT2D eigenvalue weighted by Crippen LogP contribution is -2.54. The van der Waals surface area contributed by atoms with Crippen molar-refractivity contribution >= 4 is 23.2 Å². The van der Waals surface area contributed by atoms with Crippen LogP contribution in [0.4, 0.5) is 0 Å². The lowest BCUT2D eigenvalue weighted by molar-refractivity contribution is -0.145. The van der Waals surface area contributed by atoms with E-state index in [0.29, 0.717) is 23.5 Å². The molecule has 1 fully saturated rings. The van der Waals surface area contributed by atoms with Crippen molar-refractivity contribution in [2.75, 3.05) is 0 Å². The van der Waals surface area contributed by atoms with E-state index in [0.717, 1.165) is 25.7 Å². The summed E-state index contributed by atoms with van der Waals surface area (Å²) < 4.78 is 0. The summed E-state index contributed by atoms with van der Waals surface area (Å²) in [4.78, 5) is 36.7. The summed E-state index contributed by atoms with van der Waals surface area (Å²) >= 11 is 1.28. The fourth-order valence-corrected chi connectivity index (χ4v) is 3.67. The number of carboxylic acids is 1. The molecule has 1 aliphatic rings. The SMILES string of the molecule is O=C(NC1(C(=O)O)CCCCCC1)c1csc(-c2cnccn2)n1. The molecule has 8 heteroatoms. The molecule has 1 saturated carbocycles. The van der Waals surface area contributed by atoms with E-state index in [1.807, 2.05) is 0 Å². The van der Waals surface area contributed by atoms with Gasteiger partial charge in [0.2, 0.25) is 0 Å². The third-order valence-electron chi connectivity index (χ3n) is 4.24. The van der Waals surface area contributed by atoms with Crippen LogP contribution in [0, 0.1) is 0 Å². The predicted octanol–water partition coefficient (Wildman–Crippen LogP) is 2.51. The first kappa shape index (κ1) is 16.5. The molecular weight excluding hydrogens is 328 g/mol. The molecule has 3 rings (SSSR count). The molecule has 2 aromatic heterocycles. The molecular formula is C16H18N4O3S. The largest absolute Gasteiger partial charge is 0.480 e. The van der Waals surface area contributed by atoms with Crippen LogP contribution < -0.4 is 5.32 Å². The number of aliphatic carboxylic acids is 1. The number of aromatic nitrogens is 3. The first-order valence-corrected chi connectivity index (χ1v) is 8.76. The van der Waals surface area contributed by atoms with E-state index in [4.69, 9.17) is 0 Å². The third kappa shape index (κ3) is 3.43.